The molecular weight excluding hydrogens is 290 g/mol. The van der Waals surface area contributed by atoms with Crippen molar-refractivity contribution in [3.63, 3.8) is 0 Å². The molecule has 0 unspecified atom stereocenters. The predicted molar refractivity (Wildman–Crippen MR) is 79.1 cm³/mol. The van der Waals surface area contributed by atoms with Crippen molar-refractivity contribution in [1.29, 1.82) is 0 Å². The van der Waals surface area contributed by atoms with E-state index in [9.17, 15) is 14.9 Å². The lowest BCUT2D eigenvalue weighted by Gasteiger charge is -2.21. The number of nitrogens with zero attached hydrogens (tertiary/aromatic N) is 1. The standard InChI is InChI=1S/C15H17NO6/c1-3-21-13(17)7-6-11-12(16(18)19)9-10-5-4-8-22-14(10)15(11)20-2/h6-7,9H,3-5,8H2,1-2H3/b7-6+. The molecule has 118 valence electrons. The van der Waals surface area contributed by atoms with Gasteiger partial charge in [-0.3, -0.25) is 10.1 Å². The van der Waals surface area contributed by atoms with Crippen molar-refractivity contribution in [2.75, 3.05) is 20.3 Å². The summed E-state index contributed by atoms with van der Waals surface area (Å²) >= 11 is 0. The maximum Gasteiger partial charge on any atom is 0.330 e. The number of carbonyl (C=O) groups is 1. The third-order valence-corrected chi connectivity index (χ3v) is 3.24. The highest BCUT2D eigenvalue weighted by Crippen LogP contribution is 2.43. The first-order chi connectivity index (χ1) is 10.6. The van der Waals surface area contributed by atoms with Crippen LogP contribution in [0, 0.1) is 10.1 Å². The fraction of sp³-hybridized carbons (Fsp3) is 0.400. The van der Waals surface area contributed by atoms with Crippen LogP contribution >= 0.6 is 0 Å². The van der Waals surface area contributed by atoms with Crippen LogP contribution < -0.4 is 9.47 Å². The molecule has 1 aliphatic rings. The van der Waals surface area contributed by atoms with Crippen LogP contribution in [0.5, 0.6) is 11.5 Å². The monoisotopic (exact) mass is 307 g/mol. The van der Waals surface area contributed by atoms with E-state index >= 15 is 0 Å². The summed E-state index contributed by atoms with van der Waals surface area (Å²) in [5, 5.41) is 11.3. The Morgan fingerprint density at radius 2 is 2.32 bits per heavy atom. The molecule has 0 atom stereocenters. The molecule has 0 spiro atoms. The number of rotatable bonds is 5. The van der Waals surface area contributed by atoms with Crippen molar-refractivity contribution in [3.8, 4) is 11.5 Å². The van der Waals surface area contributed by atoms with Crippen LogP contribution in [0.1, 0.15) is 24.5 Å². The van der Waals surface area contributed by atoms with Crippen molar-refractivity contribution in [1.82, 2.24) is 0 Å². The quantitative estimate of drug-likeness (QED) is 0.359. The van der Waals surface area contributed by atoms with E-state index in [0.29, 0.717) is 18.8 Å². The summed E-state index contributed by atoms with van der Waals surface area (Å²) < 4.78 is 15.7. The van der Waals surface area contributed by atoms with Crippen molar-refractivity contribution in [2.45, 2.75) is 19.8 Å². The number of methoxy groups -OCH3 is 1. The molecule has 0 fully saturated rings. The molecule has 0 aliphatic carbocycles. The number of esters is 1. The smallest absolute Gasteiger partial charge is 0.330 e. The van der Waals surface area contributed by atoms with Crippen LogP contribution in [-0.4, -0.2) is 31.2 Å². The van der Waals surface area contributed by atoms with Gasteiger partial charge in [-0.25, -0.2) is 4.79 Å². The molecule has 7 heteroatoms. The third kappa shape index (κ3) is 3.19. The van der Waals surface area contributed by atoms with Crippen molar-refractivity contribution < 1.29 is 23.9 Å². The first-order valence-corrected chi connectivity index (χ1v) is 6.94. The number of aryl methyl sites for hydroxylation is 1. The van der Waals surface area contributed by atoms with Gasteiger partial charge in [0.15, 0.2) is 11.5 Å². The summed E-state index contributed by atoms with van der Waals surface area (Å²) in [6.45, 7) is 2.44. The zero-order valence-electron chi connectivity index (χ0n) is 12.5. The van der Waals surface area contributed by atoms with Gasteiger partial charge in [-0.2, -0.15) is 0 Å². The molecule has 0 aromatic heterocycles. The Kier molecular flexibility index (Phi) is 4.98. The highest BCUT2D eigenvalue weighted by Gasteiger charge is 2.26. The second-order valence-corrected chi connectivity index (χ2v) is 4.63. The van der Waals surface area contributed by atoms with E-state index in [2.05, 4.69) is 0 Å². The Balaban J connectivity index is 2.53. The summed E-state index contributed by atoms with van der Waals surface area (Å²) in [7, 11) is 1.42. The lowest BCUT2D eigenvalue weighted by atomic mass is 10.0. The van der Waals surface area contributed by atoms with Gasteiger partial charge in [0.05, 0.1) is 30.8 Å². The number of nitro benzene ring substituents is 1. The minimum atomic E-state index is -0.572. The molecule has 1 aromatic rings. The SMILES string of the molecule is CCOC(=O)/C=C/c1c([N+](=O)[O-])cc2c(c1OC)OCCC2. The lowest BCUT2D eigenvalue weighted by Crippen LogP contribution is -2.11. The number of hydrogen-bond acceptors (Lipinski definition) is 6. The Morgan fingerprint density at radius 1 is 1.55 bits per heavy atom. The van der Waals surface area contributed by atoms with Gasteiger partial charge in [0.2, 0.25) is 0 Å². The van der Waals surface area contributed by atoms with Gasteiger partial charge in [-0.1, -0.05) is 0 Å². The van der Waals surface area contributed by atoms with Crippen LogP contribution in [0.2, 0.25) is 0 Å². The molecule has 1 aliphatic heterocycles. The largest absolute Gasteiger partial charge is 0.492 e. The number of nitro groups is 1. The summed E-state index contributed by atoms with van der Waals surface area (Å²) in [6, 6.07) is 1.47. The minimum absolute atomic E-state index is 0.123. The van der Waals surface area contributed by atoms with Crippen LogP contribution in [0.15, 0.2) is 12.1 Å². The van der Waals surface area contributed by atoms with Gasteiger partial charge >= 0.3 is 5.97 Å². The summed E-state index contributed by atoms with van der Waals surface area (Å²) in [5.74, 6) is 0.199. The number of fused-ring (bicyclic) bond motifs is 1. The Morgan fingerprint density at radius 3 is 2.95 bits per heavy atom. The van der Waals surface area contributed by atoms with Crippen molar-refractivity contribution >= 4 is 17.7 Å². The van der Waals surface area contributed by atoms with E-state index in [1.807, 2.05) is 0 Å². The van der Waals surface area contributed by atoms with E-state index < -0.39 is 10.9 Å². The summed E-state index contributed by atoms with van der Waals surface area (Å²) in [5.41, 5.74) is 0.811. The van der Waals surface area contributed by atoms with Crippen LogP contribution in [0.3, 0.4) is 0 Å². The molecule has 0 radical (unpaired) electrons. The molecule has 0 bridgehead atoms. The Labute approximate surface area is 127 Å². The third-order valence-electron chi connectivity index (χ3n) is 3.24. The zero-order chi connectivity index (χ0) is 16.1. The Hall–Kier alpha value is -2.57. The predicted octanol–water partition coefficient (Wildman–Crippen LogP) is 2.50. The molecule has 7 nitrogen and oxygen atoms in total. The molecule has 0 saturated carbocycles. The van der Waals surface area contributed by atoms with Gasteiger partial charge < -0.3 is 14.2 Å². The van der Waals surface area contributed by atoms with E-state index in [-0.39, 0.29) is 23.6 Å². The minimum Gasteiger partial charge on any atom is -0.492 e. The van der Waals surface area contributed by atoms with Gasteiger partial charge in [-0.05, 0) is 25.8 Å². The van der Waals surface area contributed by atoms with Crippen molar-refractivity contribution in [3.05, 3.63) is 33.4 Å². The van der Waals surface area contributed by atoms with E-state index in [1.165, 1.54) is 19.3 Å². The highest BCUT2D eigenvalue weighted by molar-refractivity contribution is 5.89. The van der Waals surface area contributed by atoms with Crippen LogP contribution in [0.25, 0.3) is 6.08 Å². The lowest BCUT2D eigenvalue weighted by molar-refractivity contribution is -0.385. The van der Waals surface area contributed by atoms with Crippen LogP contribution in [0.4, 0.5) is 5.69 Å². The molecule has 1 aromatic carbocycles. The average molecular weight is 307 g/mol. The van der Waals surface area contributed by atoms with Gasteiger partial charge in [-0.15, -0.1) is 0 Å². The van der Waals surface area contributed by atoms with Crippen LogP contribution in [-0.2, 0) is 16.0 Å². The molecular formula is C15H17NO6. The summed E-state index contributed by atoms with van der Waals surface area (Å²) in [6.07, 6.45) is 3.95. The number of hydrogen-bond donors (Lipinski definition) is 0. The van der Waals surface area contributed by atoms with E-state index in [0.717, 1.165) is 18.1 Å². The number of ether oxygens (including phenoxy) is 3. The first-order valence-electron chi connectivity index (χ1n) is 6.94. The fourth-order valence-corrected chi connectivity index (χ4v) is 2.33. The van der Waals surface area contributed by atoms with E-state index in [4.69, 9.17) is 14.2 Å². The maximum atomic E-state index is 11.4. The Bertz CT molecular complexity index is 623. The topological polar surface area (TPSA) is 87.9 Å². The van der Waals surface area contributed by atoms with Gasteiger partial charge in [0.25, 0.3) is 5.69 Å². The van der Waals surface area contributed by atoms with Gasteiger partial charge in [0.1, 0.15) is 0 Å². The normalized spacial score (nSPS) is 13.4. The molecule has 22 heavy (non-hydrogen) atoms. The molecule has 0 amide bonds. The van der Waals surface area contributed by atoms with E-state index in [1.54, 1.807) is 6.92 Å². The molecule has 2 rings (SSSR count). The highest BCUT2D eigenvalue weighted by atomic mass is 16.6. The van der Waals surface area contributed by atoms with Crippen molar-refractivity contribution in [2.24, 2.45) is 0 Å². The molecule has 0 saturated heterocycles. The molecule has 0 N–H and O–H groups in total. The first kappa shape index (κ1) is 15.8. The maximum absolute atomic E-state index is 11.4. The number of carbonyl (C=O) groups excluding carboxylic acids is 1. The fourth-order valence-electron chi connectivity index (χ4n) is 2.33. The average Bonchev–Trinajstić information content (AvgIpc) is 2.51. The molecule has 1 heterocycles. The van der Waals surface area contributed by atoms with Gasteiger partial charge in [0, 0.05) is 17.7 Å². The number of benzene rings is 1. The second kappa shape index (κ2) is 6.93. The second-order valence-electron chi connectivity index (χ2n) is 4.63. The summed E-state index contributed by atoms with van der Waals surface area (Å²) in [4.78, 5) is 22.2. The zero-order valence-corrected chi connectivity index (χ0v) is 12.5.